The molecule has 17 nitrogen and oxygen atoms in total. The van der Waals surface area contributed by atoms with E-state index >= 15 is 0 Å². The number of unbranched alkanes of at least 4 members (excludes halogenated alkanes) is 6. The fraction of sp³-hybridized carbons (Fsp3) is 0.443. The second-order valence-corrected chi connectivity index (χ2v) is 20.7. The number of hydrogen-bond acceptors (Lipinski definition) is 18. The molecule has 0 spiro atoms. The first-order valence-corrected chi connectivity index (χ1v) is 28.3. The normalized spacial score (nSPS) is 17.1. The molecule has 422 valence electrons. The molecule has 2 aliphatic carbocycles. The van der Waals surface area contributed by atoms with E-state index in [2.05, 4.69) is 18.3 Å². The fourth-order valence-corrected chi connectivity index (χ4v) is 9.92. The minimum absolute atomic E-state index is 0.174. The highest BCUT2D eigenvalue weighted by atomic mass is 32.1. The van der Waals surface area contributed by atoms with Crippen LogP contribution in [-0.4, -0.2) is 81.8 Å². The van der Waals surface area contributed by atoms with Crippen molar-refractivity contribution in [2.24, 2.45) is 28.8 Å². The number of aromatic nitrogens is 1. The quantitative estimate of drug-likeness (QED) is 0.00733. The zero-order valence-corrected chi connectivity index (χ0v) is 46.0. The van der Waals surface area contributed by atoms with Gasteiger partial charge in [0.25, 0.3) is 0 Å². The van der Waals surface area contributed by atoms with Crippen molar-refractivity contribution in [1.29, 1.82) is 0 Å². The first-order chi connectivity index (χ1) is 38.6. The predicted octanol–water partition coefficient (Wildman–Crippen LogP) is 12.5. The monoisotopic (exact) mass is 1100 g/mol. The van der Waals surface area contributed by atoms with Gasteiger partial charge in [-0.15, -0.1) is 0 Å². The van der Waals surface area contributed by atoms with Crippen molar-refractivity contribution in [2.45, 2.75) is 103 Å². The van der Waals surface area contributed by atoms with Crippen molar-refractivity contribution >= 4 is 56.8 Å². The van der Waals surface area contributed by atoms with Crippen molar-refractivity contribution in [1.82, 2.24) is 4.98 Å². The Morgan fingerprint density at radius 2 is 1.06 bits per heavy atom. The van der Waals surface area contributed by atoms with Gasteiger partial charge in [0, 0.05) is 24.8 Å². The highest BCUT2D eigenvalue weighted by Gasteiger charge is 2.30. The molecule has 0 N–H and O–H groups in total. The molecular formula is C61H73N3O14S. The average Bonchev–Trinajstić information content (AvgIpc) is 3.93. The summed E-state index contributed by atoms with van der Waals surface area (Å²) >= 11 is 1.52. The third kappa shape index (κ3) is 20.5. The third-order valence-electron chi connectivity index (χ3n) is 13.7. The number of hydrazone groups is 1. The van der Waals surface area contributed by atoms with Crippen LogP contribution in [0.1, 0.15) is 108 Å². The van der Waals surface area contributed by atoms with Crippen molar-refractivity contribution in [3.8, 4) is 34.5 Å². The molecule has 0 bridgehead atoms. The van der Waals surface area contributed by atoms with Crippen molar-refractivity contribution in [2.75, 3.05) is 51.7 Å². The van der Waals surface area contributed by atoms with Gasteiger partial charge in [-0.3, -0.25) is 9.59 Å². The van der Waals surface area contributed by atoms with Crippen LogP contribution in [0.5, 0.6) is 34.5 Å². The Labute approximate surface area is 466 Å². The van der Waals surface area contributed by atoms with E-state index in [1.54, 1.807) is 65.8 Å². The van der Waals surface area contributed by atoms with Gasteiger partial charge in [0.1, 0.15) is 23.0 Å². The molecule has 2 fully saturated rings. The number of carbonyl (C=O) groups excluding carboxylic acids is 4. The van der Waals surface area contributed by atoms with Crippen LogP contribution >= 0.6 is 11.3 Å². The molecule has 0 saturated heterocycles. The van der Waals surface area contributed by atoms with Crippen molar-refractivity contribution in [3.63, 3.8) is 0 Å². The van der Waals surface area contributed by atoms with Gasteiger partial charge in [-0.05, 0) is 193 Å². The molecule has 18 heteroatoms. The van der Waals surface area contributed by atoms with Gasteiger partial charge in [0.2, 0.25) is 5.13 Å². The second-order valence-electron chi connectivity index (χ2n) is 19.7. The first-order valence-electron chi connectivity index (χ1n) is 27.5. The van der Waals surface area contributed by atoms with Crippen LogP contribution in [0.15, 0.2) is 121 Å². The third-order valence-corrected chi connectivity index (χ3v) is 14.8. The average molecular weight is 1100 g/mol. The summed E-state index contributed by atoms with van der Waals surface area (Å²) in [7, 11) is 1.82. The van der Waals surface area contributed by atoms with E-state index in [1.807, 2.05) is 43.4 Å². The van der Waals surface area contributed by atoms with Crippen LogP contribution in [0, 0.1) is 23.7 Å². The topological polar surface area (TPSA) is 189 Å². The van der Waals surface area contributed by atoms with Crippen LogP contribution in [-0.2, 0) is 38.4 Å². The number of thiazole rings is 1. The second kappa shape index (κ2) is 32.6. The maximum atomic E-state index is 13.5. The number of para-hydroxylation sites is 1. The van der Waals surface area contributed by atoms with Gasteiger partial charge < -0.3 is 38.2 Å². The number of nitrogens with zero attached hydrogens (tertiary/aromatic N) is 3. The number of esters is 4. The van der Waals surface area contributed by atoms with Gasteiger partial charge in [-0.1, -0.05) is 36.6 Å². The highest BCUT2D eigenvalue weighted by Crippen LogP contribution is 2.34. The SMILES string of the molecule is C=CC(=O)OCCCCCCOc1ccc(OOCC2CCC(C(=O)Oc3ccc(OOCC4CCC(C(=O)Oc5ccc(OCCCCCCOC(=O)C=C)cc5)CC4)c(/C=N/N(C)c4nc5ccccc5s4)c3)CC2)cc1. The standard InChI is InChI=1S/C61H73N3O14S/c1-4-57(65)71-38-14-8-6-12-36-69-49-26-30-51(31-27-49)75-59(67)46-22-20-45(21-23-46)43-74-78-55-35-34-53(40-48(55)41-62-64(3)61-63-54-16-10-11-17-56(54)79-61)76-60(68)47-24-18-44(19-25-47)42-73-77-52-32-28-50(29-33-52)70-37-13-7-9-15-39-72-58(66)5-2/h4-5,10-11,16-17,26-35,40-41,44-47H,1-2,6-9,12-15,18-25,36-39,42-43H2,3H3/b62-41+. The van der Waals surface area contributed by atoms with Gasteiger partial charge in [0.15, 0.2) is 11.5 Å². The zero-order chi connectivity index (χ0) is 55.4. The molecule has 5 aromatic rings. The number of hydrogen-bond donors (Lipinski definition) is 0. The van der Waals surface area contributed by atoms with Gasteiger partial charge in [0.05, 0.1) is 67.9 Å². The van der Waals surface area contributed by atoms with Gasteiger partial charge >= 0.3 is 23.9 Å². The number of rotatable bonds is 33. The molecule has 0 atom stereocenters. The molecule has 1 aromatic heterocycles. The minimum atomic E-state index is -0.400. The fourth-order valence-electron chi connectivity index (χ4n) is 9.04. The van der Waals surface area contributed by atoms with Crippen molar-refractivity contribution < 1.29 is 67.1 Å². The van der Waals surface area contributed by atoms with Crippen LogP contribution in [0.2, 0.25) is 0 Å². The summed E-state index contributed by atoms with van der Waals surface area (Å²) in [4.78, 5) is 76.6. The van der Waals surface area contributed by atoms with E-state index in [-0.39, 0.29) is 35.6 Å². The minimum Gasteiger partial charge on any atom is -0.494 e. The lowest BCUT2D eigenvalue weighted by Crippen LogP contribution is -2.27. The van der Waals surface area contributed by atoms with Gasteiger partial charge in [-0.25, -0.2) is 19.6 Å². The summed E-state index contributed by atoms with van der Waals surface area (Å²) in [5, 5.41) is 7.07. The molecule has 4 aromatic carbocycles. The number of benzene rings is 4. The van der Waals surface area contributed by atoms with Crippen LogP contribution < -0.4 is 33.7 Å². The smallest absolute Gasteiger partial charge is 0.330 e. The predicted molar refractivity (Wildman–Crippen MR) is 301 cm³/mol. The molecule has 7 rings (SSSR count). The summed E-state index contributed by atoms with van der Waals surface area (Å²) < 4.78 is 34.4. The van der Waals surface area contributed by atoms with E-state index in [1.165, 1.54) is 23.5 Å². The molecule has 0 amide bonds. The lowest BCUT2D eigenvalue weighted by molar-refractivity contribution is -0.218. The van der Waals surface area contributed by atoms with Crippen LogP contribution in [0.3, 0.4) is 0 Å². The lowest BCUT2D eigenvalue weighted by Gasteiger charge is -2.26. The van der Waals surface area contributed by atoms with Gasteiger partial charge in [-0.2, -0.15) is 14.9 Å². The van der Waals surface area contributed by atoms with E-state index < -0.39 is 11.9 Å². The summed E-state index contributed by atoms with van der Waals surface area (Å²) in [6.07, 6.45) is 16.9. The molecule has 79 heavy (non-hydrogen) atoms. The molecule has 0 aliphatic heterocycles. The Bertz CT molecular complexity index is 2700. The maximum Gasteiger partial charge on any atom is 0.330 e. The molecule has 1 heterocycles. The number of anilines is 1. The molecule has 2 aliphatic rings. The Balaban J connectivity index is 0.816. The highest BCUT2D eigenvalue weighted by molar-refractivity contribution is 7.22. The summed E-state index contributed by atoms with van der Waals surface area (Å²) in [5.74, 6) is 1.83. The van der Waals surface area contributed by atoms with Crippen molar-refractivity contribution in [3.05, 3.63) is 122 Å². The van der Waals surface area contributed by atoms with Crippen LogP contribution in [0.4, 0.5) is 5.13 Å². The maximum absolute atomic E-state index is 13.5. The lowest BCUT2D eigenvalue weighted by atomic mass is 9.82. The zero-order valence-electron chi connectivity index (χ0n) is 45.1. The summed E-state index contributed by atoms with van der Waals surface area (Å²) in [6, 6.07) is 27.4. The molecule has 2 saturated carbocycles. The molecule has 0 radical (unpaired) electrons. The largest absolute Gasteiger partial charge is 0.494 e. The van der Waals surface area contributed by atoms with E-state index in [9.17, 15) is 19.2 Å². The van der Waals surface area contributed by atoms with E-state index in [4.69, 9.17) is 53.0 Å². The first kappa shape index (κ1) is 59.4. The Kier molecular flexibility index (Phi) is 24.5. The molecular weight excluding hydrogens is 1030 g/mol. The Morgan fingerprint density at radius 1 is 0.582 bits per heavy atom. The number of ether oxygens (including phenoxy) is 6. The Hall–Kier alpha value is -7.28. The Morgan fingerprint density at radius 3 is 1.61 bits per heavy atom. The summed E-state index contributed by atoms with van der Waals surface area (Å²) in [6.45, 7) is 9.44. The van der Waals surface area contributed by atoms with Crippen LogP contribution in [0.25, 0.3) is 10.2 Å². The summed E-state index contributed by atoms with van der Waals surface area (Å²) in [5.41, 5.74) is 1.42. The molecule has 0 unspecified atom stereocenters. The van der Waals surface area contributed by atoms with E-state index in [0.717, 1.165) is 93.0 Å². The van der Waals surface area contributed by atoms with E-state index in [0.29, 0.717) is 105 Å². The number of carbonyl (C=O) groups is 4. The number of fused-ring (bicyclic) bond motifs is 1.